The maximum Gasteiger partial charge on any atom is 0.145 e. The number of hydrogen-bond donors (Lipinski definition) is 1. The third-order valence-electron chi connectivity index (χ3n) is 2.87. The van der Waals surface area contributed by atoms with Gasteiger partial charge in [-0.2, -0.15) is 11.8 Å². The van der Waals surface area contributed by atoms with E-state index in [1.165, 1.54) is 17.0 Å². The topological polar surface area (TPSA) is 37.8 Å². The Bertz CT molecular complexity index is 365. The molecule has 0 amide bonds. The lowest BCUT2D eigenvalue weighted by atomic mass is 10.1. The van der Waals surface area contributed by atoms with Crippen LogP contribution in [0, 0.1) is 6.92 Å². The molecular weight excluding hydrogens is 206 g/mol. The molecule has 2 heterocycles. The van der Waals surface area contributed by atoms with Gasteiger partial charge < -0.3 is 5.32 Å². The molecule has 0 saturated heterocycles. The maximum atomic E-state index is 4.65. The second kappa shape index (κ2) is 4.49. The van der Waals surface area contributed by atoms with Crippen molar-refractivity contribution < 1.29 is 0 Å². The maximum absolute atomic E-state index is 4.65. The summed E-state index contributed by atoms with van der Waals surface area (Å²) >= 11 is 1.96. The minimum absolute atomic E-state index is 0.237. The van der Waals surface area contributed by atoms with Gasteiger partial charge in [0.15, 0.2) is 0 Å². The number of nitrogens with zero attached hydrogens (tertiary/aromatic N) is 2. The smallest absolute Gasteiger partial charge is 0.145 e. The van der Waals surface area contributed by atoms with Gasteiger partial charge in [0.2, 0.25) is 0 Å². The van der Waals surface area contributed by atoms with Crippen LogP contribution in [0.3, 0.4) is 0 Å². The molecule has 0 saturated carbocycles. The van der Waals surface area contributed by atoms with Crippen LogP contribution in [0.25, 0.3) is 0 Å². The minimum Gasteiger partial charge on any atom is -0.311 e. The summed E-state index contributed by atoms with van der Waals surface area (Å²) < 4.78 is 0. The van der Waals surface area contributed by atoms with Gasteiger partial charge in [-0.25, -0.2) is 9.97 Å². The first-order chi connectivity index (χ1) is 7.22. The van der Waals surface area contributed by atoms with Crippen LogP contribution in [0.1, 0.15) is 35.7 Å². The molecule has 0 radical (unpaired) electrons. The molecule has 2 rings (SSSR count). The van der Waals surface area contributed by atoms with E-state index in [2.05, 4.69) is 29.1 Å². The second-order valence-corrected chi connectivity index (χ2v) is 5.01. The highest BCUT2D eigenvalue weighted by Crippen LogP contribution is 2.25. The average Bonchev–Trinajstić information content (AvgIpc) is 2.28. The molecule has 1 atom stereocenters. The number of hydrogen-bond acceptors (Lipinski definition) is 4. The van der Waals surface area contributed by atoms with Gasteiger partial charge in [0.05, 0.1) is 11.7 Å². The molecule has 3 nitrogen and oxygen atoms in total. The lowest BCUT2D eigenvalue weighted by Crippen LogP contribution is -2.19. The summed E-state index contributed by atoms with van der Waals surface area (Å²) in [5.74, 6) is 3.18. The van der Waals surface area contributed by atoms with E-state index < -0.39 is 0 Å². The number of thioether (sulfide) groups is 1. The van der Waals surface area contributed by atoms with E-state index in [0.717, 1.165) is 23.7 Å². The Labute approximate surface area is 95.1 Å². The summed E-state index contributed by atoms with van der Waals surface area (Å²) in [6, 6.07) is 0.237. The third-order valence-corrected chi connectivity index (χ3v) is 3.84. The molecule has 82 valence electrons. The first kappa shape index (κ1) is 10.9. The second-order valence-electron chi connectivity index (χ2n) is 3.91. The predicted molar refractivity (Wildman–Crippen MR) is 64.1 cm³/mol. The number of fused-ring (bicyclic) bond motifs is 1. The van der Waals surface area contributed by atoms with Crippen LogP contribution in [0.15, 0.2) is 0 Å². The zero-order chi connectivity index (χ0) is 10.8. The lowest BCUT2D eigenvalue weighted by molar-refractivity contribution is 0.602. The molecule has 1 aliphatic rings. The van der Waals surface area contributed by atoms with Gasteiger partial charge in [0.1, 0.15) is 5.82 Å². The summed E-state index contributed by atoms with van der Waals surface area (Å²) in [6.45, 7) is 4.19. The number of rotatable bonds is 2. The Morgan fingerprint density at radius 2 is 2.20 bits per heavy atom. The highest BCUT2D eigenvalue weighted by molar-refractivity contribution is 7.98. The van der Waals surface area contributed by atoms with Crippen LogP contribution in [-0.4, -0.2) is 22.8 Å². The minimum atomic E-state index is 0.237. The van der Waals surface area contributed by atoms with Crippen LogP contribution in [0.2, 0.25) is 0 Å². The molecule has 1 aromatic rings. The van der Waals surface area contributed by atoms with E-state index in [9.17, 15) is 0 Å². The molecule has 0 aromatic carbocycles. The first-order valence-electron chi connectivity index (χ1n) is 5.33. The first-order valence-corrected chi connectivity index (χ1v) is 6.49. The predicted octanol–water partition coefficient (Wildman–Crippen LogP) is 1.85. The van der Waals surface area contributed by atoms with Crippen molar-refractivity contribution in [1.29, 1.82) is 0 Å². The highest BCUT2D eigenvalue weighted by atomic mass is 32.2. The SMILES string of the molecule is CNC(C)c1nc(C)c2c(n1)CSCC2. The molecule has 4 heteroatoms. The van der Waals surface area contributed by atoms with Gasteiger partial charge in [-0.3, -0.25) is 0 Å². The number of aryl methyl sites for hydroxylation is 1. The summed E-state index contributed by atoms with van der Waals surface area (Å²) in [6.07, 6.45) is 1.13. The van der Waals surface area contributed by atoms with Crippen molar-refractivity contribution in [2.75, 3.05) is 12.8 Å². The molecule has 1 aromatic heterocycles. The fourth-order valence-electron chi connectivity index (χ4n) is 1.79. The van der Waals surface area contributed by atoms with Crippen molar-refractivity contribution in [3.63, 3.8) is 0 Å². The molecule has 0 aliphatic carbocycles. The quantitative estimate of drug-likeness (QED) is 0.830. The summed E-state index contributed by atoms with van der Waals surface area (Å²) in [7, 11) is 1.94. The molecule has 0 spiro atoms. The Kier molecular flexibility index (Phi) is 3.26. The highest BCUT2D eigenvalue weighted by Gasteiger charge is 2.17. The van der Waals surface area contributed by atoms with Gasteiger partial charge >= 0.3 is 0 Å². The van der Waals surface area contributed by atoms with E-state index >= 15 is 0 Å². The van der Waals surface area contributed by atoms with Gasteiger partial charge in [0, 0.05) is 11.4 Å². The molecule has 0 fully saturated rings. The van der Waals surface area contributed by atoms with E-state index in [1.54, 1.807) is 0 Å². The van der Waals surface area contributed by atoms with E-state index in [4.69, 9.17) is 0 Å². The van der Waals surface area contributed by atoms with Crippen molar-refractivity contribution in [3.05, 3.63) is 22.8 Å². The molecule has 15 heavy (non-hydrogen) atoms. The Morgan fingerprint density at radius 3 is 2.93 bits per heavy atom. The van der Waals surface area contributed by atoms with E-state index in [-0.39, 0.29) is 6.04 Å². The Morgan fingerprint density at radius 1 is 1.40 bits per heavy atom. The van der Waals surface area contributed by atoms with Crippen LogP contribution < -0.4 is 5.32 Å². The lowest BCUT2D eigenvalue weighted by Gasteiger charge is -2.19. The zero-order valence-electron chi connectivity index (χ0n) is 9.50. The third kappa shape index (κ3) is 2.16. The monoisotopic (exact) mass is 223 g/mol. The fraction of sp³-hybridized carbons (Fsp3) is 0.636. The van der Waals surface area contributed by atoms with Gasteiger partial charge in [-0.1, -0.05) is 0 Å². The summed E-state index contributed by atoms with van der Waals surface area (Å²) in [4.78, 5) is 9.22. The van der Waals surface area contributed by atoms with Crippen molar-refractivity contribution in [3.8, 4) is 0 Å². The molecular formula is C11H17N3S. The standard InChI is InChI=1S/C11H17N3S/c1-7-9-4-5-15-6-10(9)14-11(13-7)8(2)12-3/h8,12H,4-6H2,1-3H3. The van der Waals surface area contributed by atoms with Crippen molar-refractivity contribution in [1.82, 2.24) is 15.3 Å². The van der Waals surface area contributed by atoms with Gasteiger partial charge in [-0.05, 0) is 38.6 Å². The van der Waals surface area contributed by atoms with Crippen molar-refractivity contribution >= 4 is 11.8 Å². The van der Waals surface area contributed by atoms with E-state index in [1.807, 2.05) is 18.8 Å². The van der Waals surface area contributed by atoms with Crippen LogP contribution >= 0.6 is 11.8 Å². The van der Waals surface area contributed by atoms with Crippen LogP contribution in [0.4, 0.5) is 0 Å². The Hall–Kier alpha value is -0.610. The normalized spacial score (nSPS) is 17.3. The van der Waals surface area contributed by atoms with Gasteiger partial charge in [0.25, 0.3) is 0 Å². The largest absolute Gasteiger partial charge is 0.311 e. The molecule has 0 bridgehead atoms. The number of aromatic nitrogens is 2. The summed E-state index contributed by atoms with van der Waals surface area (Å²) in [5.41, 5.74) is 3.79. The molecule has 1 N–H and O–H groups in total. The number of nitrogens with one attached hydrogen (secondary N) is 1. The van der Waals surface area contributed by atoms with Crippen molar-refractivity contribution in [2.24, 2.45) is 0 Å². The van der Waals surface area contributed by atoms with E-state index in [0.29, 0.717) is 0 Å². The molecule has 1 aliphatic heterocycles. The average molecular weight is 223 g/mol. The zero-order valence-corrected chi connectivity index (χ0v) is 10.3. The van der Waals surface area contributed by atoms with Crippen LogP contribution in [-0.2, 0) is 12.2 Å². The molecule has 1 unspecified atom stereocenters. The Balaban J connectivity index is 2.40. The van der Waals surface area contributed by atoms with Gasteiger partial charge in [-0.15, -0.1) is 0 Å². The fourth-order valence-corrected chi connectivity index (χ4v) is 2.71. The van der Waals surface area contributed by atoms with Crippen molar-refractivity contribution in [2.45, 2.75) is 32.1 Å². The van der Waals surface area contributed by atoms with Crippen LogP contribution in [0.5, 0.6) is 0 Å². The summed E-state index contributed by atoms with van der Waals surface area (Å²) in [5, 5.41) is 3.18.